The van der Waals surface area contributed by atoms with E-state index >= 15 is 0 Å². The van der Waals surface area contributed by atoms with Gasteiger partial charge in [0.1, 0.15) is 0 Å². The summed E-state index contributed by atoms with van der Waals surface area (Å²) in [6, 6.07) is 32.3. The van der Waals surface area contributed by atoms with Crippen LogP contribution >= 0.6 is 0 Å². The molecule has 4 rings (SSSR count). The number of carbonyl (C=O) groups excluding carboxylic acids is 1. The third-order valence-electron chi connectivity index (χ3n) is 5.84. The molecule has 0 unspecified atom stereocenters. The molecule has 0 saturated heterocycles. The summed E-state index contributed by atoms with van der Waals surface area (Å²) in [6.45, 7) is 3.90. The van der Waals surface area contributed by atoms with Crippen LogP contribution in [0.4, 0.5) is 5.69 Å². The van der Waals surface area contributed by atoms with Crippen molar-refractivity contribution in [3.63, 3.8) is 0 Å². The molecule has 0 fully saturated rings. The van der Waals surface area contributed by atoms with E-state index in [0.717, 1.165) is 16.7 Å². The molecule has 1 amide bonds. The topological polar surface area (TPSA) is 66.5 Å². The average molecular weight is 485 g/mol. The van der Waals surface area contributed by atoms with Crippen molar-refractivity contribution in [3.8, 4) is 0 Å². The predicted octanol–water partition coefficient (Wildman–Crippen LogP) is 5.88. The second-order valence-electron chi connectivity index (χ2n) is 8.43. The summed E-state index contributed by atoms with van der Waals surface area (Å²) in [4.78, 5) is 13.6. The molecule has 4 aromatic carbocycles. The van der Waals surface area contributed by atoms with E-state index in [9.17, 15) is 13.2 Å². The van der Waals surface area contributed by atoms with Gasteiger partial charge in [-0.25, -0.2) is 8.42 Å². The van der Waals surface area contributed by atoms with Crippen LogP contribution in [0.25, 0.3) is 0 Å². The molecule has 0 aliphatic carbocycles. The molecular weight excluding hydrogens is 456 g/mol. The molecule has 0 aliphatic rings. The zero-order valence-electron chi connectivity index (χ0n) is 19.8. The van der Waals surface area contributed by atoms with Crippen molar-refractivity contribution in [2.45, 2.75) is 31.3 Å². The highest BCUT2D eigenvalue weighted by Crippen LogP contribution is 2.30. The maximum atomic E-state index is 13.9. The molecule has 0 radical (unpaired) electrons. The molecule has 4 aromatic rings. The molecule has 0 heterocycles. The summed E-state index contributed by atoms with van der Waals surface area (Å²) in [6.07, 6.45) is 0. The van der Waals surface area contributed by atoms with Gasteiger partial charge in [0.15, 0.2) is 0 Å². The quantitative estimate of drug-likeness (QED) is 0.340. The first-order valence-electron chi connectivity index (χ1n) is 11.4. The van der Waals surface area contributed by atoms with Gasteiger partial charge in [-0.3, -0.25) is 9.10 Å². The van der Waals surface area contributed by atoms with Crippen molar-refractivity contribution < 1.29 is 13.2 Å². The van der Waals surface area contributed by atoms with E-state index < -0.39 is 10.0 Å². The van der Waals surface area contributed by atoms with Gasteiger partial charge in [0.2, 0.25) is 0 Å². The minimum absolute atomic E-state index is 0.0928. The van der Waals surface area contributed by atoms with E-state index in [4.69, 9.17) is 0 Å². The van der Waals surface area contributed by atoms with Gasteiger partial charge in [-0.15, -0.1) is 0 Å². The highest BCUT2D eigenvalue weighted by molar-refractivity contribution is 7.92. The Hall–Kier alpha value is -3.90. The van der Waals surface area contributed by atoms with Crippen LogP contribution in [0.2, 0.25) is 0 Å². The van der Waals surface area contributed by atoms with Crippen LogP contribution in [0.1, 0.15) is 40.0 Å². The lowest BCUT2D eigenvalue weighted by Gasteiger charge is -2.27. The number of hydrogen-bond acceptors (Lipinski definition) is 3. The third-order valence-corrected chi connectivity index (χ3v) is 7.62. The molecule has 5 nitrogen and oxygen atoms in total. The summed E-state index contributed by atoms with van der Waals surface area (Å²) in [5.41, 5.74) is 3.37. The highest BCUT2D eigenvalue weighted by atomic mass is 32.2. The van der Waals surface area contributed by atoms with Crippen LogP contribution in [0.15, 0.2) is 114 Å². The zero-order chi connectivity index (χ0) is 24.8. The Morgan fingerprint density at radius 3 is 2.03 bits per heavy atom. The molecule has 0 spiro atoms. The van der Waals surface area contributed by atoms with E-state index in [1.54, 1.807) is 48.5 Å². The lowest BCUT2D eigenvalue weighted by molar-refractivity contribution is 0.0940. The lowest BCUT2D eigenvalue weighted by atomic mass is 10.1. The summed E-state index contributed by atoms with van der Waals surface area (Å²) in [5, 5.41) is 3.01. The molecule has 178 valence electrons. The van der Waals surface area contributed by atoms with Crippen molar-refractivity contribution >= 4 is 21.6 Å². The van der Waals surface area contributed by atoms with Crippen molar-refractivity contribution in [2.24, 2.45) is 0 Å². The molecule has 6 heteroatoms. The summed E-state index contributed by atoms with van der Waals surface area (Å²) in [5.74, 6) is -0.339. The van der Waals surface area contributed by atoms with Crippen LogP contribution in [0.3, 0.4) is 0 Å². The molecule has 0 aromatic heterocycles. The van der Waals surface area contributed by atoms with Crippen molar-refractivity contribution in [3.05, 3.63) is 131 Å². The number of carbonyl (C=O) groups is 1. The Labute approximate surface area is 207 Å². The second kappa shape index (κ2) is 10.6. The smallest absolute Gasteiger partial charge is 0.264 e. The number of anilines is 1. The first kappa shape index (κ1) is 24.2. The maximum absolute atomic E-state index is 13.9. The normalized spacial score (nSPS) is 12.1. The monoisotopic (exact) mass is 484 g/mol. The van der Waals surface area contributed by atoms with Crippen LogP contribution in [0, 0.1) is 6.92 Å². The second-order valence-corrected chi connectivity index (χ2v) is 10.3. The number of para-hydroxylation sites is 1. The Balaban J connectivity index is 1.75. The molecular formula is C29H28N2O3S. The van der Waals surface area contributed by atoms with Gasteiger partial charge in [-0.05, 0) is 49.2 Å². The van der Waals surface area contributed by atoms with E-state index in [0.29, 0.717) is 11.3 Å². The Bertz CT molecular complexity index is 1390. The number of sulfonamides is 1. The van der Waals surface area contributed by atoms with Gasteiger partial charge in [0.05, 0.1) is 28.7 Å². The van der Waals surface area contributed by atoms with E-state index in [-0.39, 0.29) is 23.4 Å². The van der Waals surface area contributed by atoms with Crippen molar-refractivity contribution in [1.82, 2.24) is 5.32 Å². The Morgan fingerprint density at radius 1 is 0.800 bits per heavy atom. The fourth-order valence-electron chi connectivity index (χ4n) is 3.87. The molecule has 0 bridgehead atoms. The standard InChI is InChI=1S/C29H28N2O3S/c1-22-17-19-26(20-18-22)35(33,34)31(21-24-11-5-3-6-12-24)28-16-10-9-15-27(28)29(32)30-23(2)25-13-7-4-8-14-25/h3-20,23H,21H2,1-2H3,(H,30,32)/t23-/m0/s1. The number of nitrogens with zero attached hydrogens (tertiary/aromatic N) is 1. The fourth-order valence-corrected chi connectivity index (χ4v) is 5.34. The van der Waals surface area contributed by atoms with E-state index in [1.807, 2.05) is 74.5 Å². The van der Waals surface area contributed by atoms with E-state index in [1.165, 1.54) is 4.31 Å². The lowest BCUT2D eigenvalue weighted by Crippen LogP contribution is -2.34. The molecule has 35 heavy (non-hydrogen) atoms. The summed E-state index contributed by atoms with van der Waals surface area (Å²) in [7, 11) is -3.95. The average Bonchev–Trinajstić information content (AvgIpc) is 2.88. The van der Waals surface area contributed by atoms with E-state index in [2.05, 4.69) is 5.32 Å². The number of amides is 1. The minimum atomic E-state index is -3.95. The first-order valence-corrected chi connectivity index (χ1v) is 12.9. The Kier molecular flexibility index (Phi) is 7.32. The summed E-state index contributed by atoms with van der Waals surface area (Å²) >= 11 is 0. The highest BCUT2D eigenvalue weighted by Gasteiger charge is 2.29. The van der Waals surface area contributed by atoms with Crippen LogP contribution in [-0.4, -0.2) is 14.3 Å². The van der Waals surface area contributed by atoms with Gasteiger partial charge in [0.25, 0.3) is 15.9 Å². The summed E-state index contributed by atoms with van der Waals surface area (Å²) < 4.78 is 29.0. The molecule has 1 N–H and O–H groups in total. The molecule has 0 aliphatic heterocycles. The number of hydrogen-bond donors (Lipinski definition) is 1. The zero-order valence-corrected chi connectivity index (χ0v) is 20.6. The van der Waals surface area contributed by atoms with Gasteiger partial charge < -0.3 is 5.32 Å². The molecule has 0 saturated carbocycles. The van der Waals surface area contributed by atoms with Crippen LogP contribution in [0.5, 0.6) is 0 Å². The van der Waals surface area contributed by atoms with Gasteiger partial charge >= 0.3 is 0 Å². The van der Waals surface area contributed by atoms with Crippen LogP contribution in [-0.2, 0) is 16.6 Å². The largest absolute Gasteiger partial charge is 0.345 e. The maximum Gasteiger partial charge on any atom is 0.264 e. The van der Waals surface area contributed by atoms with Gasteiger partial charge in [0, 0.05) is 0 Å². The molecule has 1 atom stereocenters. The van der Waals surface area contributed by atoms with Gasteiger partial charge in [-0.1, -0.05) is 90.5 Å². The number of nitrogens with one attached hydrogen (secondary N) is 1. The van der Waals surface area contributed by atoms with Crippen LogP contribution < -0.4 is 9.62 Å². The SMILES string of the molecule is Cc1ccc(S(=O)(=O)N(Cc2ccccc2)c2ccccc2C(=O)N[C@@H](C)c2ccccc2)cc1. The Morgan fingerprint density at radius 2 is 1.37 bits per heavy atom. The fraction of sp³-hybridized carbons (Fsp3) is 0.138. The van der Waals surface area contributed by atoms with Crippen molar-refractivity contribution in [2.75, 3.05) is 4.31 Å². The third kappa shape index (κ3) is 5.61. The van der Waals surface area contributed by atoms with Crippen molar-refractivity contribution in [1.29, 1.82) is 0 Å². The number of aryl methyl sites for hydroxylation is 1. The number of rotatable bonds is 8. The number of benzene rings is 4. The predicted molar refractivity (Wildman–Crippen MR) is 140 cm³/mol. The van der Waals surface area contributed by atoms with Gasteiger partial charge in [-0.2, -0.15) is 0 Å². The first-order chi connectivity index (χ1) is 16.9. The minimum Gasteiger partial charge on any atom is -0.345 e.